The zero-order valence-corrected chi connectivity index (χ0v) is 26.6. The lowest BCUT2D eigenvalue weighted by molar-refractivity contribution is 0.292. The number of rotatable bonds is 10. The van der Waals surface area contributed by atoms with E-state index in [0.29, 0.717) is 22.6 Å². The lowest BCUT2D eigenvalue weighted by Crippen LogP contribution is -2.60. The Kier molecular flexibility index (Phi) is 10.2. The molecule has 1 aliphatic rings. The Hall–Kier alpha value is -0.583. The summed E-state index contributed by atoms with van der Waals surface area (Å²) in [5.41, 5.74) is -2.27. The Bertz CT molecular complexity index is 1110. The van der Waals surface area contributed by atoms with Crippen LogP contribution in [0.25, 0.3) is 0 Å². The van der Waals surface area contributed by atoms with Crippen molar-refractivity contribution < 1.29 is 17.5 Å². The number of nitrogens with one attached hydrogen (secondary N) is 1. The summed E-state index contributed by atoms with van der Waals surface area (Å²) in [5, 5.41) is 10.4. The molecule has 1 aliphatic heterocycles. The van der Waals surface area contributed by atoms with Crippen molar-refractivity contribution in [1.29, 1.82) is 5.26 Å². The fourth-order valence-electron chi connectivity index (χ4n) is 4.72. The molecule has 0 amide bonds. The molecular formula is C24H39BrF2N4O2S2Si. The van der Waals surface area contributed by atoms with Crippen molar-refractivity contribution in [3.05, 3.63) is 22.2 Å². The van der Waals surface area contributed by atoms with Crippen LogP contribution in [0.2, 0.25) is 18.1 Å². The molecule has 1 aromatic rings. The first-order valence-corrected chi connectivity index (χ1v) is 18.6. The molecule has 204 valence electrons. The van der Waals surface area contributed by atoms with Crippen molar-refractivity contribution in [2.24, 2.45) is 4.36 Å². The first kappa shape index (κ1) is 31.6. The minimum Gasteiger partial charge on any atom is -0.598 e. The van der Waals surface area contributed by atoms with Gasteiger partial charge in [-0.1, -0.05) is 38.9 Å². The number of nitriles is 1. The molecule has 0 aromatic carbocycles. The van der Waals surface area contributed by atoms with Gasteiger partial charge in [-0.05, 0) is 67.7 Å². The molecule has 0 spiro atoms. The number of halogens is 3. The fraction of sp³-hybridized carbons (Fsp3) is 0.750. The summed E-state index contributed by atoms with van der Waals surface area (Å²) < 4.78 is 64.8. The van der Waals surface area contributed by atoms with E-state index in [4.69, 9.17) is 0 Å². The van der Waals surface area contributed by atoms with Crippen molar-refractivity contribution in [2.75, 3.05) is 19.0 Å². The van der Waals surface area contributed by atoms with Crippen LogP contribution in [0.4, 0.5) is 8.78 Å². The quantitative estimate of drug-likeness (QED) is 0.212. The number of aromatic nitrogens is 1. The maximum atomic E-state index is 16.5. The molecule has 12 heteroatoms. The second kappa shape index (κ2) is 11.7. The van der Waals surface area contributed by atoms with E-state index in [1.807, 2.05) is 20.8 Å². The molecule has 0 bridgehead atoms. The molecule has 36 heavy (non-hydrogen) atoms. The Morgan fingerprint density at radius 1 is 1.33 bits per heavy atom. The molecule has 1 aromatic heterocycles. The van der Waals surface area contributed by atoms with E-state index in [-0.39, 0.29) is 12.2 Å². The highest BCUT2D eigenvalue weighted by molar-refractivity contribution is 9.10. The summed E-state index contributed by atoms with van der Waals surface area (Å²) >= 11 is 1.55. The second-order valence-corrected chi connectivity index (χ2v) is 21.5. The topological polar surface area (TPSA) is 101 Å². The van der Waals surface area contributed by atoms with E-state index in [2.05, 4.69) is 36.1 Å². The third kappa shape index (κ3) is 5.86. The average molecular weight is 626 g/mol. The molecule has 6 nitrogen and oxygen atoms in total. The predicted octanol–water partition coefficient (Wildman–Crippen LogP) is 5.46. The van der Waals surface area contributed by atoms with E-state index < -0.39 is 62.4 Å². The van der Waals surface area contributed by atoms with E-state index in [9.17, 15) is 14.0 Å². The largest absolute Gasteiger partial charge is 0.598 e. The maximum Gasteiger partial charge on any atom is 0.149 e. The van der Waals surface area contributed by atoms with Gasteiger partial charge in [-0.3, -0.25) is 0 Å². The van der Waals surface area contributed by atoms with Crippen molar-refractivity contribution in [2.45, 2.75) is 94.5 Å². The molecule has 1 N–H and O–H groups in total. The Morgan fingerprint density at radius 2 is 1.92 bits per heavy atom. The Morgan fingerprint density at radius 3 is 2.39 bits per heavy atom. The first-order valence-electron chi connectivity index (χ1n) is 12.4. The molecule has 2 heterocycles. The number of alkyl halides is 1. The van der Waals surface area contributed by atoms with Crippen LogP contribution in [0.1, 0.15) is 67.0 Å². The molecule has 2 rings (SSSR count). The van der Waals surface area contributed by atoms with Crippen molar-refractivity contribution >= 4 is 50.3 Å². The highest BCUT2D eigenvalue weighted by Crippen LogP contribution is 2.37. The number of hydrogen-bond donors (Lipinski definition) is 1. The van der Waals surface area contributed by atoms with Gasteiger partial charge in [0.1, 0.15) is 37.8 Å². The van der Waals surface area contributed by atoms with Gasteiger partial charge >= 0.3 is 0 Å². The molecule has 0 radical (unpaired) electrons. The van der Waals surface area contributed by atoms with Crippen molar-refractivity contribution in [3.63, 3.8) is 0 Å². The van der Waals surface area contributed by atoms with Crippen LogP contribution >= 0.6 is 15.9 Å². The van der Waals surface area contributed by atoms with Crippen molar-refractivity contribution in [3.8, 4) is 6.07 Å². The minimum absolute atomic E-state index is 0.261. The lowest BCUT2D eigenvalue weighted by atomic mass is 9.99. The maximum absolute atomic E-state index is 16.5. The van der Waals surface area contributed by atoms with Gasteiger partial charge in [0.25, 0.3) is 0 Å². The van der Waals surface area contributed by atoms with Gasteiger partial charge < -0.3 is 4.55 Å². The van der Waals surface area contributed by atoms with Crippen LogP contribution in [0, 0.1) is 17.1 Å². The molecule has 0 saturated carbocycles. The Balaban J connectivity index is 2.92. The fourth-order valence-corrected chi connectivity index (χ4v) is 12.7. The van der Waals surface area contributed by atoms with E-state index in [0.717, 1.165) is 18.1 Å². The highest BCUT2D eigenvalue weighted by Gasteiger charge is 2.52. The smallest absolute Gasteiger partial charge is 0.149 e. The van der Waals surface area contributed by atoms with E-state index in [1.54, 1.807) is 33.8 Å². The van der Waals surface area contributed by atoms with Crippen LogP contribution in [0.5, 0.6) is 0 Å². The van der Waals surface area contributed by atoms with Crippen LogP contribution in [0.3, 0.4) is 0 Å². The summed E-state index contributed by atoms with van der Waals surface area (Å²) in [4.78, 5) is 4.38. The molecule has 1 unspecified atom stereocenters. The average Bonchev–Trinajstić information content (AvgIpc) is 2.83. The normalized spacial score (nSPS) is 25.5. The minimum atomic E-state index is -3.37. The zero-order valence-electron chi connectivity index (χ0n) is 22.3. The lowest BCUT2D eigenvalue weighted by Gasteiger charge is -2.40. The number of pyridine rings is 1. The third-order valence-corrected chi connectivity index (χ3v) is 18.4. The summed E-state index contributed by atoms with van der Waals surface area (Å²) in [7, 11) is -5.66. The summed E-state index contributed by atoms with van der Waals surface area (Å²) in [6, 6.07) is 6.17. The van der Waals surface area contributed by atoms with Gasteiger partial charge in [0.05, 0.1) is 29.6 Å². The van der Waals surface area contributed by atoms with Gasteiger partial charge in [0.15, 0.2) is 0 Å². The third-order valence-electron chi connectivity index (χ3n) is 7.55. The monoisotopic (exact) mass is 624 g/mol. The van der Waals surface area contributed by atoms with Gasteiger partial charge in [0.2, 0.25) is 0 Å². The summed E-state index contributed by atoms with van der Waals surface area (Å²) in [5.74, 6) is -1.16. The van der Waals surface area contributed by atoms with Gasteiger partial charge in [0, 0.05) is 17.9 Å². The number of hydrogen-bond acceptors (Lipinski definition) is 6. The SMILES string of the molecule is CC[Si](CC)(CC)c1cc(Br)nc([C@](CF)(C[S@]2(=O)=NCCC[C@@]2(C)C#N)N[S+]([O-])C(C)(C)C)c1F. The van der Waals surface area contributed by atoms with Gasteiger partial charge in [-0.25, -0.2) is 22.3 Å². The number of nitrogens with zero attached hydrogens (tertiary/aromatic N) is 3. The molecular weight excluding hydrogens is 586 g/mol. The molecule has 0 saturated heterocycles. The molecule has 4 atom stereocenters. The standard InChI is InChI=1S/C24H39BrF2N4O2S2Si/c1-8-36(9-2,10-3)18-14-19(25)30-21(20(18)27)24(15-26,31-34(32)22(4,5)6)17-35(33)23(7,16-28)12-11-13-29-35/h14,31H,8-13,15,17H2,1-7H3/t23-,24-,34?,35+/m0/s1. The highest BCUT2D eigenvalue weighted by atomic mass is 79.9. The predicted molar refractivity (Wildman–Crippen MR) is 151 cm³/mol. The van der Waals surface area contributed by atoms with Crippen LogP contribution in [-0.2, 0) is 26.6 Å². The second-order valence-electron chi connectivity index (χ2n) is 10.8. The first-order chi connectivity index (χ1) is 16.6. The molecule has 0 fully saturated rings. The van der Waals surface area contributed by atoms with Gasteiger partial charge in [-0.15, -0.1) is 4.72 Å². The summed E-state index contributed by atoms with van der Waals surface area (Å²) in [6.45, 7) is 11.8. The Labute approximate surface area is 228 Å². The van der Waals surface area contributed by atoms with E-state index in [1.165, 1.54) is 0 Å². The van der Waals surface area contributed by atoms with Crippen molar-refractivity contribution in [1.82, 2.24) is 9.71 Å². The summed E-state index contributed by atoms with van der Waals surface area (Å²) in [6.07, 6.45) is 0.907. The van der Waals surface area contributed by atoms with Crippen LogP contribution < -0.4 is 9.91 Å². The van der Waals surface area contributed by atoms with Crippen LogP contribution in [0.15, 0.2) is 15.0 Å². The van der Waals surface area contributed by atoms with E-state index >= 15 is 8.78 Å². The van der Waals surface area contributed by atoms with Gasteiger partial charge in [-0.2, -0.15) is 5.26 Å². The zero-order chi connectivity index (χ0) is 27.6. The van der Waals surface area contributed by atoms with Crippen LogP contribution in [-0.4, -0.2) is 50.3 Å². The molecule has 0 aliphatic carbocycles.